The molecule has 0 radical (unpaired) electrons. The van der Waals surface area contributed by atoms with Gasteiger partial charge in [0.2, 0.25) is 11.8 Å². The number of carboxylic acids is 1. The lowest BCUT2D eigenvalue weighted by Gasteiger charge is -2.31. The number of carbonyl (C=O) groups is 4. The molecule has 0 bridgehead atoms. The number of nitrogens with zero attached hydrogens (tertiary/aromatic N) is 2. The molecule has 12 nitrogen and oxygen atoms in total. The highest BCUT2D eigenvalue weighted by Crippen LogP contribution is 2.37. The molecule has 1 unspecified atom stereocenters. The van der Waals surface area contributed by atoms with E-state index in [-0.39, 0.29) is 18.9 Å². The zero-order chi connectivity index (χ0) is 34.1. The van der Waals surface area contributed by atoms with Gasteiger partial charge in [0.15, 0.2) is 0 Å². The van der Waals surface area contributed by atoms with Crippen molar-refractivity contribution in [2.45, 2.75) is 83.2 Å². The summed E-state index contributed by atoms with van der Waals surface area (Å²) < 4.78 is 17.4. The molecule has 250 valence electrons. The molecular weight excluding hydrogens is 604 g/mol. The number of ether oxygens (including phenoxy) is 3. The van der Waals surface area contributed by atoms with E-state index >= 15 is 0 Å². The first-order chi connectivity index (χ1) is 22.2. The van der Waals surface area contributed by atoms with Gasteiger partial charge in [0.1, 0.15) is 40.8 Å². The molecule has 47 heavy (non-hydrogen) atoms. The van der Waals surface area contributed by atoms with Gasteiger partial charge in [-0.2, -0.15) is 0 Å². The van der Waals surface area contributed by atoms with Crippen molar-refractivity contribution in [1.82, 2.24) is 20.5 Å². The van der Waals surface area contributed by atoms with Gasteiger partial charge in [-0.25, -0.2) is 14.6 Å². The Balaban J connectivity index is 1.47. The van der Waals surface area contributed by atoms with Crippen molar-refractivity contribution >= 4 is 34.8 Å². The van der Waals surface area contributed by atoms with E-state index in [2.05, 4.69) is 10.6 Å². The molecule has 1 saturated carbocycles. The Kier molecular flexibility index (Phi) is 9.33. The van der Waals surface area contributed by atoms with Gasteiger partial charge in [-0.15, -0.1) is 0 Å². The molecule has 2 fully saturated rings. The van der Waals surface area contributed by atoms with E-state index in [1.54, 1.807) is 47.8 Å². The molecule has 3 atom stereocenters. The number of likely N-dealkylation sites (tertiary alicyclic amines) is 1. The van der Waals surface area contributed by atoms with E-state index in [0.717, 1.165) is 5.56 Å². The number of carboxylic acid groups (broad SMARTS) is 1. The molecule has 3 amide bonds. The van der Waals surface area contributed by atoms with Gasteiger partial charge < -0.3 is 34.9 Å². The van der Waals surface area contributed by atoms with Crippen molar-refractivity contribution in [3.63, 3.8) is 0 Å². The second kappa shape index (κ2) is 13.1. The predicted molar refractivity (Wildman–Crippen MR) is 174 cm³/mol. The SMILES string of the molecule is COc1ccc2c(O[C@@H]3CC(C(=O)NC4(C(=O)O)CC4)N(C(=O)[C@@H](NC(=O)OC(C)(C)C)C(C)C)C3)cc(-c3ccccc3)nc2c1. The first-order valence-electron chi connectivity index (χ1n) is 15.8. The average Bonchev–Trinajstić information content (AvgIpc) is 3.68. The van der Waals surface area contributed by atoms with Crippen LogP contribution in [0.2, 0.25) is 0 Å². The Hall–Kier alpha value is -4.87. The van der Waals surface area contributed by atoms with Crippen molar-refractivity contribution in [3.8, 4) is 22.8 Å². The van der Waals surface area contributed by atoms with Crippen LogP contribution in [0.5, 0.6) is 11.5 Å². The number of nitrogens with one attached hydrogen (secondary N) is 2. The van der Waals surface area contributed by atoms with Crippen LogP contribution in [0.3, 0.4) is 0 Å². The minimum Gasteiger partial charge on any atom is -0.497 e. The molecule has 1 aliphatic carbocycles. The Morgan fingerprint density at radius 1 is 1.04 bits per heavy atom. The predicted octanol–water partition coefficient (Wildman–Crippen LogP) is 4.54. The number of amides is 3. The van der Waals surface area contributed by atoms with Gasteiger partial charge in [-0.1, -0.05) is 44.2 Å². The van der Waals surface area contributed by atoms with E-state index in [9.17, 15) is 24.3 Å². The number of rotatable bonds is 10. The highest BCUT2D eigenvalue weighted by Gasteiger charge is 2.54. The number of benzene rings is 2. The van der Waals surface area contributed by atoms with Crippen molar-refractivity contribution < 1.29 is 38.5 Å². The van der Waals surface area contributed by atoms with Gasteiger partial charge in [0.05, 0.1) is 24.9 Å². The smallest absolute Gasteiger partial charge is 0.408 e. The van der Waals surface area contributed by atoms with Crippen LogP contribution < -0.4 is 20.1 Å². The number of aliphatic carboxylic acids is 1. The van der Waals surface area contributed by atoms with Crippen molar-refractivity contribution in [3.05, 3.63) is 54.6 Å². The standard InChI is InChI=1S/C35H42N4O8/c1-20(2)29(37-33(44)47-34(3,4)5)31(41)39-19-23(17-27(39)30(40)38-35(14-15-35)32(42)43)46-28-18-25(21-10-8-7-9-11-21)36-26-16-22(45-6)12-13-24(26)28/h7-13,16,18,20,23,27,29H,14-15,17,19H2,1-6H3,(H,37,44)(H,38,40)(H,42,43)/t23-,27?,29+/m1/s1. The summed E-state index contributed by atoms with van der Waals surface area (Å²) in [5, 5.41) is 15.8. The molecule has 1 saturated heterocycles. The monoisotopic (exact) mass is 646 g/mol. The van der Waals surface area contributed by atoms with E-state index in [4.69, 9.17) is 19.2 Å². The molecule has 12 heteroatoms. The second-order valence-electron chi connectivity index (χ2n) is 13.5. The fourth-order valence-electron chi connectivity index (χ4n) is 5.68. The molecule has 1 aromatic heterocycles. The number of alkyl carbamates (subject to hydrolysis) is 1. The van der Waals surface area contributed by atoms with Crippen LogP contribution in [0.1, 0.15) is 53.9 Å². The number of methoxy groups -OCH3 is 1. The number of pyridine rings is 1. The molecule has 2 heterocycles. The quantitative estimate of drug-likeness (QED) is 0.288. The molecule has 3 aromatic rings. The third-order valence-electron chi connectivity index (χ3n) is 8.32. The summed E-state index contributed by atoms with van der Waals surface area (Å²) in [4.78, 5) is 58.6. The van der Waals surface area contributed by atoms with Crippen molar-refractivity contribution in [2.24, 2.45) is 5.92 Å². The largest absolute Gasteiger partial charge is 0.497 e. The number of carbonyl (C=O) groups excluding carboxylic acids is 3. The van der Waals surface area contributed by atoms with Gasteiger partial charge in [-0.3, -0.25) is 9.59 Å². The van der Waals surface area contributed by atoms with Crippen LogP contribution in [0.15, 0.2) is 54.6 Å². The van der Waals surface area contributed by atoms with E-state index in [1.807, 2.05) is 48.5 Å². The number of hydrogen-bond donors (Lipinski definition) is 3. The zero-order valence-corrected chi connectivity index (χ0v) is 27.5. The Morgan fingerprint density at radius 2 is 1.74 bits per heavy atom. The van der Waals surface area contributed by atoms with E-state index in [0.29, 0.717) is 40.9 Å². The molecule has 3 N–H and O–H groups in total. The number of hydrogen-bond acceptors (Lipinski definition) is 8. The molecule has 2 aromatic carbocycles. The van der Waals surface area contributed by atoms with Crippen molar-refractivity contribution in [2.75, 3.05) is 13.7 Å². The Labute approximate surface area is 273 Å². The zero-order valence-electron chi connectivity index (χ0n) is 27.5. The summed E-state index contributed by atoms with van der Waals surface area (Å²) in [6.45, 7) is 8.76. The fraction of sp³-hybridized carbons (Fsp3) is 0.457. The fourth-order valence-corrected chi connectivity index (χ4v) is 5.68. The number of fused-ring (bicyclic) bond motifs is 1. The van der Waals surface area contributed by atoms with Crippen LogP contribution in [-0.4, -0.2) is 81.8 Å². The first-order valence-corrected chi connectivity index (χ1v) is 15.8. The normalized spacial score (nSPS) is 19.2. The molecule has 1 aliphatic heterocycles. The van der Waals surface area contributed by atoms with Crippen molar-refractivity contribution in [1.29, 1.82) is 0 Å². The summed E-state index contributed by atoms with van der Waals surface area (Å²) in [5.74, 6) is -1.41. The van der Waals surface area contributed by atoms with Crippen LogP contribution in [0.25, 0.3) is 22.2 Å². The van der Waals surface area contributed by atoms with Gasteiger partial charge >= 0.3 is 12.1 Å². The molecular formula is C35H42N4O8. The van der Waals surface area contributed by atoms with Gasteiger partial charge in [-0.05, 0) is 51.7 Å². The summed E-state index contributed by atoms with van der Waals surface area (Å²) in [5.41, 5.74) is 0.0512. The summed E-state index contributed by atoms with van der Waals surface area (Å²) in [6, 6.07) is 14.9. The topological polar surface area (TPSA) is 156 Å². The van der Waals surface area contributed by atoms with Gasteiger partial charge in [0.25, 0.3) is 0 Å². The Morgan fingerprint density at radius 3 is 2.34 bits per heavy atom. The summed E-state index contributed by atoms with van der Waals surface area (Å²) in [6.07, 6.45) is -0.686. The summed E-state index contributed by atoms with van der Waals surface area (Å²) in [7, 11) is 1.58. The first kappa shape index (κ1) is 33.5. The molecule has 0 spiro atoms. The van der Waals surface area contributed by atoms with Gasteiger partial charge in [0, 0.05) is 29.5 Å². The Bertz CT molecular complexity index is 1670. The minimum absolute atomic E-state index is 0.0247. The minimum atomic E-state index is -1.35. The lowest BCUT2D eigenvalue weighted by molar-refractivity contribution is -0.145. The lowest BCUT2D eigenvalue weighted by Crippen LogP contribution is -2.57. The molecule has 5 rings (SSSR count). The maximum absolute atomic E-state index is 14.1. The average molecular weight is 647 g/mol. The highest BCUT2D eigenvalue weighted by molar-refractivity contribution is 5.96. The highest BCUT2D eigenvalue weighted by atomic mass is 16.6. The second-order valence-corrected chi connectivity index (χ2v) is 13.5. The maximum atomic E-state index is 14.1. The van der Waals surface area contributed by atoms with Crippen LogP contribution in [-0.2, 0) is 19.1 Å². The third kappa shape index (κ3) is 7.58. The van der Waals surface area contributed by atoms with Crippen LogP contribution in [0.4, 0.5) is 4.79 Å². The van der Waals surface area contributed by atoms with Crippen LogP contribution in [0, 0.1) is 5.92 Å². The van der Waals surface area contributed by atoms with Crippen LogP contribution >= 0.6 is 0 Å². The lowest BCUT2D eigenvalue weighted by atomic mass is 10.0. The maximum Gasteiger partial charge on any atom is 0.408 e. The number of aromatic nitrogens is 1. The molecule has 2 aliphatic rings. The third-order valence-corrected chi connectivity index (χ3v) is 8.32. The van der Waals surface area contributed by atoms with E-state index in [1.165, 1.54) is 4.90 Å². The summed E-state index contributed by atoms with van der Waals surface area (Å²) >= 11 is 0. The van der Waals surface area contributed by atoms with E-state index < -0.39 is 53.2 Å².